The van der Waals surface area contributed by atoms with Gasteiger partial charge < -0.3 is 35.0 Å². The summed E-state index contributed by atoms with van der Waals surface area (Å²) in [7, 11) is 0. The molecule has 1 radical (unpaired) electrons. The number of nitrogens with zero attached hydrogens (tertiary/aromatic N) is 3. The van der Waals surface area contributed by atoms with Crippen molar-refractivity contribution in [1.82, 2.24) is 14.7 Å². The molecule has 0 bridgehead atoms. The molecule has 0 heterocycles. The van der Waals surface area contributed by atoms with Crippen LogP contribution in [-0.4, -0.2) is 129 Å². The van der Waals surface area contributed by atoms with Crippen LogP contribution in [0.15, 0.2) is 0 Å². The molecule has 0 aliphatic heterocycles. The second kappa shape index (κ2) is 27.8. The Morgan fingerprint density at radius 3 is 1.22 bits per heavy atom. The van der Waals surface area contributed by atoms with E-state index in [9.17, 15) is 33.6 Å². The van der Waals surface area contributed by atoms with Gasteiger partial charge >= 0.3 is 69.8 Å². The van der Waals surface area contributed by atoms with E-state index in [0.717, 1.165) is 19.3 Å². The van der Waals surface area contributed by atoms with Crippen LogP contribution in [-0.2, 0) is 38.3 Å². The maximum Gasteiger partial charge on any atom is 3.00 e. The fourth-order valence-electron chi connectivity index (χ4n) is 4.39. The number of carbonyl (C=O) groups excluding carboxylic acids is 3. The Hall–Kier alpha value is -2.43. The molecule has 0 atom stereocenters. The Morgan fingerprint density at radius 1 is 0.511 bits per heavy atom. The van der Waals surface area contributed by atoms with Crippen molar-refractivity contribution in [1.29, 1.82) is 0 Å². The first-order valence-corrected chi connectivity index (χ1v) is 15.2. The van der Waals surface area contributed by atoms with E-state index in [1.165, 1.54) is 49.8 Å². The Balaban J connectivity index is 0. The number of hydrogen-bond donors (Lipinski definition) is 4. The number of rotatable bonds is 28. The number of ether oxygens (including phenoxy) is 1. The first-order chi connectivity index (χ1) is 20.8. The van der Waals surface area contributed by atoms with Crippen molar-refractivity contribution < 1.29 is 98.7 Å². The molecule has 0 spiro atoms. The van der Waals surface area contributed by atoms with E-state index in [-0.39, 0.29) is 65.9 Å². The zero-order chi connectivity index (χ0) is 33.3. The van der Waals surface area contributed by atoms with Crippen LogP contribution in [0.25, 0.3) is 0 Å². The number of esters is 1. The van der Waals surface area contributed by atoms with E-state index in [1.54, 1.807) is 0 Å². The zero-order valence-corrected chi connectivity index (χ0v) is 28.4. The van der Waals surface area contributed by atoms with Crippen molar-refractivity contribution in [3.63, 3.8) is 0 Å². The molecular formula is C29H49GdN3O12+3. The van der Waals surface area contributed by atoms with Crippen LogP contribution in [0.2, 0.25) is 0 Å². The van der Waals surface area contributed by atoms with Crippen molar-refractivity contribution in [3.05, 3.63) is 0 Å². The predicted octanol–water partition coefficient (Wildman–Crippen LogP) is 1.92. The summed E-state index contributed by atoms with van der Waals surface area (Å²) in [5.74, 6) is -8.09. The van der Waals surface area contributed by atoms with E-state index < -0.39 is 80.9 Å². The smallest absolute Gasteiger partial charge is 0.480 e. The third kappa shape index (κ3) is 26.5. The Morgan fingerprint density at radius 2 is 0.867 bits per heavy atom. The van der Waals surface area contributed by atoms with Crippen LogP contribution >= 0.6 is 0 Å². The second-order valence-corrected chi connectivity index (χ2v) is 10.6. The monoisotopic (exact) mass is 789 g/mol. The molecule has 16 heteroatoms. The average Bonchev–Trinajstić information content (AvgIpc) is 2.92. The summed E-state index contributed by atoms with van der Waals surface area (Å²) in [5.41, 5.74) is 0. The number of carbonyl (C=O) groups is 7. The quantitative estimate of drug-likeness (QED) is 0.0659. The summed E-state index contributed by atoms with van der Waals surface area (Å²) in [4.78, 5) is 84.3. The maximum atomic E-state index is 12.7. The fraction of sp³-hybridized carbons (Fsp3) is 0.759. The first kappa shape index (κ1) is 44.7. The molecule has 0 fully saturated rings. The van der Waals surface area contributed by atoms with Crippen LogP contribution in [0.4, 0.5) is 0 Å². The molecule has 4 N–H and O–H groups in total. The van der Waals surface area contributed by atoms with Crippen molar-refractivity contribution in [2.75, 3.05) is 52.4 Å². The largest absolute Gasteiger partial charge is 3.00 e. The number of aliphatic carboxylic acids is 4. The minimum absolute atomic E-state index is 0. The van der Waals surface area contributed by atoms with Gasteiger partial charge in [0.2, 0.25) is 11.8 Å². The van der Waals surface area contributed by atoms with Gasteiger partial charge in [0, 0.05) is 13.0 Å². The summed E-state index contributed by atoms with van der Waals surface area (Å²) >= 11 is 0. The van der Waals surface area contributed by atoms with Crippen LogP contribution < -0.4 is 0 Å². The van der Waals surface area contributed by atoms with Gasteiger partial charge in [-0.25, -0.2) is 0 Å². The van der Waals surface area contributed by atoms with Gasteiger partial charge in [-0.2, -0.15) is 0 Å². The Bertz CT molecular complexity index is 852. The molecule has 0 unspecified atom stereocenters. The molecule has 0 aromatic heterocycles. The minimum Gasteiger partial charge on any atom is -0.480 e. The number of carboxylic acid groups (broad SMARTS) is 4. The van der Waals surface area contributed by atoms with Crippen LogP contribution in [0.5, 0.6) is 0 Å². The number of unbranched alkanes of at least 4 members (excludes halogenated alkanes) is 10. The third-order valence-electron chi connectivity index (χ3n) is 6.59. The van der Waals surface area contributed by atoms with E-state index in [2.05, 4.69) is 6.92 Å². The number of amides is 2. The summed E-state index contributed by atoms with van der Waals surface area (Å²) in [6, 6.07) is 0. The topological polar surface area (TPSA) is 219 Å². The van der Waals surface area contributed by atoms with Gasteiger partial charge in [0.15, 0.2) is 0 Å². The SMILES string of the molecule is CCCCCCCCCCCCCC(=O)OCCCN(CC(=O)N(CC(=O)O)CC(=O)O)CC(=O)N(CC(=O)O)CC(=O)O.[Gd+3]. The Kier molecular flexibility index (Phi) is 27.7. The van der Waals surface area contributed by atoms with E-state index in [0.29, 0.717) is 16.2 Å². The molecule has 0 aliphatic carbocycles. The van der Waals surface area contributed by atoms with Crippen LogP contribution in [0.1, 0.15) is 90.4 Å². The van der Waals surface area contributed by atoms with Gasteiger partial charge in [-0.1, -0.05) is 71.1 Å². The second-order valence-electron chi connectivity index (χ2n) is 10.6. The molecule has 257 valence electrons. The molecule has 15 nitrogen and oxygen atoms in total. The van der Waals surface area contributed by atoms with Gasteiger partial charge in [0.1, 0.15) is 26.2 Å². The first-order valence-electron chi connectivity index (χ1n) is 15.2. The molecule has 0 saturated carbocycles. The molecule has 0 rings (SSSR count). The van der Waals surface area contributed by atoms with Crippen LogP contribution in [0.3, 0.4) is 0 Å². The molecule has 45 heavy (non-hydrogen) atoms. The van der Waals surface area contributed by atoms with Gasteiger partial charge in [-0.3, -0.25) is 38.5 Å². The average molecular weight is 789 g/mol. The molecule has 0 saturated heterocycles. The number of carboxylic acids is 4. The summed E-state index contributed by atoms with van der Waals surface area (Å²) in [5, 5.41) is 36.1. The maximum absolute atomic E-state index is 12.7. The fourth-order valence-corrected chi connectivity index (χ4v) is 4.39. The van der Waals surface area contributed by atoms with E-state index in [1.807, 2.05) is 0 Å². The van der Waals surface area contributed by atoms with Gasteiger partial charge in [0.25, 0.3) is 0 Å². The molecule has 0 aromatic rings. The van der Waals surface area contributed by atoms with E-state index in [4.69, 9.17) is 25.2 Å². The van der Waals surface area contributed by atoms with E-state index >= 15 is 0 Å². The zero-order valence-electron chi connectivity index (χ0n) is 26.1. The predicted molar refractivity (Wildman–Crippen MR) is 157 cm³/mol. The van der Waals surface area contributed by atoms with Crippen molar-refractivity contribution >= 4 is 41.7 Å². The number of hydrogen-bond acceptors (Lipinski definition) is 9. The van der Waals surface area contributed by atoms with Gasteiger partial charge in [-0.05, 0) is 12.8 Å². The third-order valence-corrected chi connectivity index (χ3v) is 6.59. The summed E-state index contributed by atoms with van der Waals surface area (Å²) in [6.07, 6.45) is 12.9. The summed E-state index contributed by atoms with van der Waals surface area (Å²) in [6.45, 7) is -2.79. The minimum atomic E-state index is -1.46. The molecule has 0 aliphatic rings. The van der Waals surface area contributed by atoms with Gasteiger partial charge in [0.05, 0.1) is 19.7 Å². The van der Waals surface area contributed by atoms with Crippen molar-refractivity contribution in [2.45, 2.75) is 90.4 Å². The molecule has 2 amide bonds. The van der Waals surface area contributed by atoms with Crippen molar-refractivity contribution in [2.24, 2.45) is 0 Å². The summed E-state index contributed by atoms with van der Waals surface area (Å²) < 4.78 is 5.23. The van der Waals surface area contributed by atoms with Gasteiger partial charge in [-0.15, -0.1) is 0 Å². The van der Waals surface area contributed by atoms with Crippen LogP contribution in [0, 0.1) is 39.9 Å². The standard InChI is InChI=1S/C29H49N3O12.Gd/c1-2-3-4-5-6-7-8-9-10-11-12-14-29(43)44-16-13-15-30(17-23(33)31(19-25(35)36)20-26(37)38)18-24(34)32(21-27(39)40)22-28(41)42;/h2-22H2,1H3,(H,35,36)(H,37,38)(H,39,40)(H,41,42);/q;+3. The molecule has 0 aromatic carbocycles. The Labute approximate surface area is 296 Å². The van der Waals surface area contributed by atoms with Crippen molar-refractivity contribution in [3.8, 4) is 0 Å². The molecular weight excluding hydrogens is 740 g/mol. The normalized spacial score (nSPS) is 10.5.